The first-order chi connectivity index (χ1) is 12.2. The molecular formula is C21H42O3Si3. The van der Waals surface area contributed by atoms with Crippen LogP contribution in [0.1, 0.15) is 101 Å². The van der Waals surface area contributed by atoms with Gasteiger partial charge in [0.25, 0.3) is 0 Å². The third-order valence-corrected chi connectivity index (χ3v) is 25.9. The van der Waals surface area contributed by atoms with Crippen molar-refractivity contribution in [3.8, 4) is 0 Å². The van der Waals surface area contributed by atoms with Crippen LogP contribution in [0.15, 0.2) is 0 Å². The zero-order valence-electron chi connectivity index (χ0n) is 19.2. The average molecular weight is 427 g/mol. The standard InChI is InChI=1S/C21H42O3Si3/c1-19(2,3)25(16-10-11-16)22-26(17-12-13-17,20(4,5)6)24-27(23-25,18-14-15-18)21(7,8)9/h16-18H,10-15H2,1-9H3. The number of hydrogen-bond acceptors (Lipinski definition) is 3. The minimum absolute atomic E-state index is 0.106. The van der Waals surface area contributed by atoms with E-state index in [9.17, 15) is 0 Å². The van der Waals surface area contributed by atoms with E-state index in [0.29, 0.717) is 16.6 Å². The summed E-state index contributed by atoms with van der Waals surface area (Å²) in [5.74, 6) is 0. The van der Waals surface area contributed by atoms with Crippen molar-refractivity contribution >= 4 is 25.7 Å². The Morgan fingerprint density at radius 3 is 0.741 bits per heavy atom. The number of rotatable bonds is 3. The third kappa shape index (κ3) is 3.03. The van der Waals surface area contributed by atoms with Gasteiger partial charge in [-0.3, -0.25) is 0 Å². The molecule has 0 amide bonds. The SMILES string of the molecule is CC(C)(C)[Si]1(C2CC2)O[Si](C2CC2)(C(C)(C)C)O[Si](C2CC2)(C(C)(C)C)O1. The smallest absolute Gasteiger partial charge is 0.329 e. The first-order valence-corrected chi connectivity index (χ1v) is 17.0. The van der Waals surface area contributed by atoms with Crippen molar-refractivity contribution in [3.63, 3.8) is 0 Å². The molecule has 0 aromatic carbocycles. The summed E-state index contributed by atoms with van der Waals surface area (Å²) in [6, 6.07) is 0. The van der Waals surface area contributed by atoms with Crippen LogP contribution >= 0.6 is 0 Å². The molecule has 27 heavy (non-hydrogen) atoms. The van der Waals surface area contributed by atoms with E-state index in [0.717, 1.165) is 0 Å². The van der Waals surface area contributed by atoms with E-state index >= 15 is 0 Å². The molecule has 1 aliphatic heterocycles. The van der Waals surface area contributed by atoms with Gasteiger partial charge in [0.2, 0.25) is 0 Å². The maximum atomic E-state index is 7.53. The average Bonchev–Trinajstić information content (AvgIpc) is 3.39. The van der Waals surface area contributed by atoms with Gasteiger partial charge in [-0.2, -0.15) is 0 Å². The van der Waals surface area contributed by atoms with Crippen molar-refractivity contribution in [1.29, 1.82) is 0 Å². The Morgan fingerprint density at radius 1 is 0.444 bits per heavy atom. The van der Waals surface area contributed by atoms with Crippen molar-refractivity contribution in [3.05, 3.63) is 0 Å². The van der Waals surface area contributed by atoms with Crippen LogP contribution in [0.3, 0.4) is 0 Å². The highest BCUT2D eigenvalue weighted by Gasteiger charge is 2.79. The van der Waals surface area contributed by atoms with Gasteiger partial charge in [0, 0.05) is 31.7 Å². The highest BCUT2D eigenvalue weighted by atomic mass is 28.5. The maximum Gasteiger partial charge on any atom is 0.329 e. The zero-order chi connectivity index (χ0) is 20.1. The van der Waals surface area contributed by atoms with E-state index in [1.165, 1.54) is 38.5 Å². The Hall–Kier alpha value is 0.531. The van der Waals surface area contributed by atoms with Gasteiger partial charge >= 0.3 is 25.7 Å². The largest absolute Gasteiger partial charge is 0.414 e. The van der Waals surface area contributed by atoms with E-state index in [-0.39, 0.29) is 15.1 Å². The Kier molecular flexibility index (Phi) is 4.48. The second kappa shape index (κ2) is 5.82. The predicted octanol–water partition coefficient (Wildman–Crippen LogP) is 7.27. The topological polar surface area (TPSA) is 27.7 Å². The van der Waals surface area contributed by atoms with E-state index in [1.807, 2.05) is 0 Å². The molecule has 4 aliphatic rings. The van der Waals surface area contributed by atoms with Gasteiger partial charge in [0.1, 0.15) is 0 Å². The van der Waals surface area contributed by atoms with Gasteiger partial charge in [0.05, 0.1) is 0 Å². The Bertz CT molecular complexity index is 510. The van der Waals surface area contributed by atoms with Gasteiger partial charge in [0.15, 0.2) is 0 Å². The second-order valence-electron chi connectivity index (χ2n) is 12.9. The molecule has 6 heteroatoms. The molecule has 0 N–H and O–H groups in total. The van der Waals surface area contributed by atoms with Gasteiger partial charge in [-0.15, -0.1) is 0 Å². The highest BCUT2D eigenvalue weighted by molar-refractivity contribution is 6.99. The van der Waals surface area contributed by atoms with Gasteiger partial charge < -0.3 is 12.3 Å². The lowest BCUT2D eigenvalue weighted by Gasteiger charge is -2.63. The van der Waals surface area contributed by atoms with Gasteiger partial charge in [-0.25, -0.2) is 0 Å². The summed E-state index contributed by atoms with van der Waals surface area (Å²) in [5.41, 5.74) is 2.05. The summed E-state index contributed by atoms with van der Waals surface area (Å²) in [5, 5.41) is 0.318. The summed E-state index contributed by atoms with van der Waals surface area (Å²) in [7, 11) is -7.16. The highest BCUT2D eigenvalue weighted by Crippen LogP contribution is 2.71. The summed E-state index contributed by atoms with van der Waals surface area (Å²) >= 11 is 0. The molecule has 1 heterocycles. The molecule has 4 rings (SSSR count). The first kappa shape index (κ1) is 20.8. The lowest BCUT2D eigenvalue weighted by Crippen LogP contribution is -2.77. The van der Waals surface area contributed by atoms with Crippen LogP contribution in [0, 0.1) is 0 Å². The molecule has 0 spiro atoms. The van der Waals surface area contributed by atoms with Crippen LogP contribution in [0.2, 0.25) is 31.7 Å². The minimum atomic E-state index is -2.39. The van der Waals surface area contributed by atoms with Crippen molar-refractivity contribution in [2.24, 2.45) is 0 Å². The van der Waals surface area contributed by atoms with Crippen LogP contribution in [0.4, 0.5) is 0 Å². The quantitative estimate of drug-likeness (QED) is 0.444. The summed E-state index contributed by atoms with van der Waals surface area (Å²) in [6.07, 6.45) is 7.85. The Labute approximate surface area is 170 Å². The van der Waals surface area contributed by atoms with Crippen LogP contribution < -0.4 is 0 Å². The first-order valence-electron chi connectivity index (χ1n) is 11.3. The van der Waals surface area contributed by atoms with E-state index in [4.69, 9.17) is 12.3 Å². The molecule has 3 saturated carbocycles. The third-order valence-electron chi connectivity index (χ3n) is 7.39. The molecule has 0 atom stereocenters. The fourth-order valence-electron chi connectivity index (χ4n) is 5.38. The molecule has 3 nitrogen and oxygen atoms in total. The van der Waals surface area contributed by atoms with Crippen molar-refractivity contribution in [1.82, 2.24) is 0 Å². The Balaban J connectivity index is 1.92. The zero-order valence-corrected chi connectivity index (χ0v) is 22.2. The van der Waals surface area contributed by atoms with Crippen LogP contribution in [-0.4, -0.2) is 25.7 Å². The van der Waals surface area contributed by atoms with Crippen LogP contribution in [0.5, 0.6) is 0 Å². The molecule has 156 valence electrons. The van der Waals surface area contributed by atoms with Crippen LogP contribution in [0.25, 0.3) is 0 Å². The van der Waals surface area contributed by atoms with Gasteiger partial charge in [-0.1, -0.05) is 62.3 Å². The summed E-state index contributed by atoms with van der Waals surface area (Å²) in [6.45, 7) is 21.7. The van der Waals surface area contributed by atoms with Crippen molar-refractivity contribution in [2.45, 2.75) is 133 Å². The van der Waals surface area contributed by atoms with E-state index in [1.54, 1.807) is 0 Å². The lowest BCUT2D eigenvalue weighted by molar-refractivity contribution is 0.155. The lowest BCUT2D eigenvalue weighted by atomic mass is 10.2. The summed E-state index contributed by atoms with van der Waals surface area (Å²) < 4.78 is 22.6. The van der Waals surface area contributed by atoms with Crippen molar-refractivity contribution < 1.29 is 12.3 Å². The van der Waals surface area contributed by atoms with Gasteiger partial charge in [-0.05, 0) is 38.5 Å². The fraction of sp³-hybridized carbons (Fsp3) is 1.00. The summed E-state index contributed by atoms with van der Waals surface area (Å²) in [4.78, 5) is 0. The molecule has 1 saturated heterocycles. The molecule has 3 aliphatic carbocycles. The van der Waals surface area contributed by atoms with E-state index < -0.39 is 25.7 Å². The second-order valence-corrected chi connectivity index (χ2v) is 26.3. The predicted molar refractivity (Wildman–Crippen MR) is 119 cm³/mol. The molecule has 0 unspecified atom stereocenters. The Morgan fingerprint density at radius 2 is 0.630 bits per heavy atom. The molecule has 0 aromatic rings. The minimum Gasteiger partial charge on any atom is -0.414 e. The molecule has 4 fully saturated rings. The monoisotopic (exact) mass is 426 g/mol. The molecule has 0 radical (unpaired) electrons. The van der Waals surface area contributed by atoms with Crippen molar-refractivity contribution in [2.75, 3.05) is 0 Å². The van der Waals surface area contributed by atoms with Crippen LogP contribution in [-0.2, 0) is 12.3 Å². The fourth-order valence-corrected chi connectivity index (χ4v) is 30.2. The molecular weight excluding hydrogens is 384 g/mol. The molecule has 0 aromatic heterocycles. The number of hydrogen-bond donors (Lipinski definition) is 0. The maximum absolute atomic E-state index is 7.53. The van der Waals surface area contributed by atoms with E-state index in [2.05, 4.69) is 62.3 Å². The normalized spacial score (nSPS) is 41.7. The molecule has 0 bridgehead atoms.